The molecular weight excluding hydrogens is 372 g/mol. The van der Waals surface area contributed by atoms with Crippen molar-refractivity contribution in [2.75, 3.05) is 7.11 Å². The van der Waals surface area contributed by atoms with Crippen molar-refractivity contribution in [3.05, 3.63) is 35.9 Å². The molecule has 0 unspecified atom stereocenters. The first-order valence-electron chi connectivity index (χ1n) is 10.1. The molecule has 1 aromatic rings. The highest BCUT2D eigenvalue weighted by Gasteiger charge is 2.60. The van der Waals surface area contributed by atoms with Crippen molar-refractivity contribution in [2.24, 2.45) is 17.3 Å². The van der Waals surface area contributed by atoms with E-state index in [0.29, 0.717) is 6.42 Å². The lowest BCUT2D eigenvalue weighted by molar-refractivity contribution is -0.116. The van der Waals surface area contributed by atoms with Crippen LogP contribution < -0.4 is 4.74 Å². The molecule has 160 valence electrons. The van der Waals surface area contributed by atoms with Crippen molar-refractivity contribution in [1.29, 1.82) is 0 Å². The summed E-state index contributed by atoms with van der Waals surface area (Å²) in [6.07, 6.45) is 4.63. The highest BCUT2D eigenvalue weighted by molar-refractivity contribution is 5.90. The van der Waals surface area contributed by atoms with Crippen molar-refractivity contribution >= 4 is 5.97 Å². The van der Waals surface area contributed by atoms with Crippen LogP contribution in [0.4, 0.5) is 0 Å². The first-order valence-corrected chi connectivity index (χ1v) is 10.1. The zero-order valence-electron chi connectivity index (χ0n) is 17.8. The Kier molecular flexibility index (Phi) is 5.47. The summed E-state index contributed by atoms with van der Waals surface area (Å²) >= 11 is 0. The van der Waals surface area contributed by atoms with E-state index in [9.17, 15) is 20.1 Å². The Morgan fingerprint density at radius 3 is 2.48 bits per heavy atom. The van der Waals surface area contributed by atoms with E-state index in [0.717, 1.165) is 6.42 Å². The number of methoxy groups -OCH3 is 1. The summed E-state index contributed by atoms with van der Waals surface area (Å²) in [4.78, 5) is 12.9. The molecule has 6 heteroatoms. The van der Waals surface area contributed by atoms with Gasteiger partial charge in [0.1, 0.15) is 6.10 Å². The molecule has 0 amide bonds. The van der Waals surface area contributed by atoms with E-state index in [2.05, 4.69) is 6.92 Å². The average Bonchev–Trinajstić information content (AvgIpc) is 2.87. The van der Waals surface area contributed by atoms with Crippen LogP contribution in [-0.4, -0.2) is 45.7 Å². The quantitative estimate of drug-likeness (QED) is 0.525. The molecule has 3 rings (SSSR count). The second-order valence-electron chi connectivity index (χ2n) is 9.35. The molecule has 2 aliphatic rings. The van der Waals surface area contributed by atoms with Crippen LogP contribution in [0.15, 0.2) is 30.4 Å². The summed E-state index contributed by atoms with van der Waals surface area (Å²) in [6, 6.07) is 4.27. The summed E-state index contributed by atoms with van der Waals surface area (Å²) in [7, 11) is 1.41. The maximum Gasteiger partial charge on any atom is 0.338 e. The number of aliphatic hydroxyl groups is 2. The number of hydrogen-bond acceptors (Lipinski definition) is 6. The molecule has 0 aromatic heterocycles. The van der Waals surface area contributed by atoms with Gasteiger partial charge in [-0.05, 0) is 49.3 Å². The van der Waals surface area contributed by atoms with Crippen LogP contribution in [0.1, 0.15) is 57.3 Å². The van der Waals surface area contributed by atoms with E-state index in [4.69, 9.17) is 9.47 Å². The monoisotopic (exact) mass is 404 g/mol. The highest BCUT2D eigenvalue weighted by Crippen LogP contribution is 2.57. The number of allylic oxidation sites excluding steroid dienone is 1. The molecule has 0 bridgehead atoms. The minimum absolute atomic E-state index is 0.0271. The Hall–Kier alpha value is -2.05. The first-order chi connectivity index (χ1) is 13.4. The predicted octanol–water partition coefficient (Wildman–Crippen LogP) is 3.44. The molecule has 0 aliphatic heterocycles. The van der Waals surface area contributed by atoms with Crippen LogP contribution in [0.2, 0.25) is 0 Å². The zero-order chi connectivity index (χ0) is 21.6. The van der Waals surface area contributed by atoms with E-state index >= 15 is 0 Å². The van der Waals surface area contributed by atoms with Gasteiger partial charge in [-0.15, -0.1) is 0 Å². The molecule has 0 radical (unpaired) electrons. The Morgan fingerprint density at radius 2 is 1.86 bits per heavy atom. The Morgan fingerprint density at radius 1 is 1.17 bits per heavy atom. The molecule has 1 fully saturated rings. The number of ether oxygens (including phenoxy) is 2. The fourth-order valence-corrected chi connectivity index (χ4v) is 5.02. The Bertz CT molecular complexity index is 814. The number of benzene rings is 1. The minimum Gasteiger partial charge on any atom is -0.504 e. The molecule has 5 atom stereocenters. The van der Waals surface area contributed by atoms with Crippen LogP contribution >= 0.6 is 0 Å². The largest absolute Gasteiger partial charge is 0.504 e. The van der Waals surface area contributed by atoms with E-state index in [1.54, 1.807) is 13.0 Å². The summed E-state index contributed by atoms with van der Waals surface area (Å²) in [6.45, 7) is 7.69. The third-order valence-corrected chi connectivity index (χ3v) is 6.80. The van der Waals surface area contributed by atoms with E-state index in [1.807, 2.05) is 19.9 Å². The van der Waals surface area contributed by atoms with Crippen molar-refractivity contribution in [2.45, 2.75) is 64.3 Å². The Balaban J connectivity index is 1.97. The lowest BCUT2D eigenvalue weighted by atomic mass is 9.68. The highest BCUT2D eigenvalue weighted by atomic mass is 16.5. The average molecular weight is 405 g/mol. The van der Waals surface area contributed by atoms with Crippen LogP contribution in [0.3, 0.4) is 0 Å². The van der Waals surface area contributed by atoms with Crippen molar-refractivity contribution in [1.82, 2.24) is 0 Å². The van der Waals surface area contributed by atoms with E-state index in [-0.39, 0.29) is 35.3 Å². The van der Waals surface area contributed by atoms with E-state index < -0.39 is 28.7 Å². The van der Waals surface area contributed by atoms with Gasteiger partial charge in [0.15, 0.2) is 11.5 Å². The fourth-order valence-electron chi connectivity index (χ4n) is 5.02. The standard InChI is InChI=1S/C23H32O6/c1-14(2)23(27)11-9-21(3)8-10-22(4,26)13-18(19(21)23)29-20(25)15-6-7-16(24)17(12-15)28-5/h6-8,10,12,14,18-19,24,26-27H,9,11,13H2,1-5H3/t18-,19-,21-,22-,23+/m0/s1. The van der Waals surface area contributed by atoms with E-state index in [1.165, 1.54) is 25.3 Å². The van der Waals surface area contributed by atoms with Gasteiger partial charge in [0, 0.05) is 12.3 Å². The molecule has 1 aromatic carbocycles. The van der Waals surface area contributed by atoms with Gasteiger partial charge >= 0.3 is 5.97 Å². The topological polar surface area (TPSA) is 96.2 Å². The summed E-state index contributed by atoms with van der Waals surface area (Å²) in [5.74, 6) is -0.836. The molecule has 0 heterocycles. The molecule has 0 saturated heterocycles. The molecule has 1 saturated carbocycles. The van der Waals surface area contributed by atoms with Gasteiger partial charge in [0.05, 0.1) is 23.9 Å². The third kappa shape index (κ3) is 3.88. The predicted molar refractivity (Wildman–Crippen MR) is 109 cm³/mol. The lowest BCUT2D eigenvalue weighted by Gasteiger charge is -2.43. The van der Waals surface area contributed by atoms with Gasteiger partial charge in [-0.3, -0.25) is 0 Å². The summed E-state index contributed by atoms with van der Waals surface area (Å²) in [5, 5.41) is 32.1. The molecular formula is C23H32O6. The number of phenolic OH excluding ortho intramolecular Hbond substituents is 1. The third-order valence-electron chi connectivity index (χ3n) is 6.80. The molecule has 3 N–H and O–H groups in total. The van der Waals surface area contributed by atoms with Crippen molar-refractivity contribution in [3.8, 4) is 11.5 Å². The van der Waals surface area contributed by atoms with Crippen LogP contribution in [0.25, 0.3) is 0 Å². The number of esters is 1. The number of carbonyl (C=O) groups excluding carboxylic acids is 1. The first kappa shape index (κ1) is 21.7. The zero-order valence-corrected chi connectivity index (χ0v) is 17.8. The summed E-state index contributed by atoms with van der Waals surface area (Å²) in [5.41, 5.74) is -2.30. The fraction of sp³-hybridized carbons (Fsp3) is 0.609. The Labute approximate surface area is 172 Å². The second-order valence-corrected chi connectivity index (χ2v) is 9.35. The number of fused-ring (bicyclic) bond motifs is 1. The van der Waals surface area contributed by atoms with Crippen molar-refractivity contribution in [3.63, 3.8) is 0 Å². The van der Waals surface area contributed by atoms with Gasteiger partial charge in [-0.25, -0.2) is 4.79 Å². The molecule has 0 spiro atoms. The maximum absolute atomic E-state index is 12.9. The van der Waals surface area contributed by atoms with Crippen LogP contribution in [-0.2, 0) is 4.74 Å². The number of rotatable bonds is 4. The molecule has 29 heavy (non-hydrogen) atoms. The summed E-state index contributed by atoms with van der Waals surface area (Å²) < 4.78 is 11.0. The van der Waals surface area contributed by atoms with Gasteiger partial charge in [-0.1, -0.05) is 32.9 Å². The van der Waals surface area contributed by atoms with Crippen LogP contribution in [0, 0.1) is 17.3 Å². The van der Waals surface area contributed by atoms with Gasteiger partial charge in [-0.2, -0.15) is 0 Å². The smallest absolute Gasteiger partial charge is 0.338 e. The second kappa shape index (κ2) is 7.33. The normalized spacial score (nSPS) is 36.6. The van der Waals surface area contributed by atoms with Gasteiger partial charge < -0.3 is 24.8 Å². The van der Waals surface area contributed by atoms with Gasteiger partial charge in [0.25, 0.3) is 0 Å². The molecule has 6 nitrogen and oxygen atoms in total. The van der Waals surface area contributed by atoms with Gasteiger partial charge in [0.2, 0.25) is 0 Å². The number of carbonyl (C=O) groups is 1. The number of hydrogen-bond donors (Lipinski definition) is 3. The van der Waals surface area contributed by atoms with Crippen molar-refractivity contribution < 1.29 is 29.6 Å². The SMILES string of the molecule is COc1cc(C(=O)O[C@H]2C[C@@](C)(O)C=C[C@@]3(C)CC[C@@](O)(C(C)C)[C@@H]23)ccc1O. The number of phenols is 1. The lowest BCUT2D eigenvalue weighted by Crippen LogP contribution is -2.51. The molecule has 2 aliphatic carbocycles. The van der Waals surface area contributed by atoms with Crippen LogP contribution in [0.5, 0.6) is 11.5 Å². The minimum atomic E-state index is -1.15. The number of aromatic hydroxyl groups is 1. The maximum atomic E-state index is 12.9.